The lowest BCUT2D eigenvalue weighted by molar-refractivity contribution is -0.256. The molecule has 6 aromatic carbocycles. The summed E-state index contributed by atoms with van der Waals surface area (Å²) in [6, 6.07) is 24.5. The van der Waals surface area contributed by atoms with Gasteiger partial charge in [0.05, 0.1) is 96.7 Å². The lowest BCUT2D eigenvalue weighted by atomic mass is 9.72. The van der Waals surface area contributed by atoms with E-state index in [1.54, 1.807) is 91.2 Å². The normalized spacial score (nSPS) is 21.3. The van der Waals surface area contributed by atoms with E-state index in [2.05, 4.69) is 15.5 Å². The first-order valence-electron chi connectivity index (χ1n) is 44.6. The van der Waals surface area contributed by atoms with E-state index in [0.29, 0.717) is 103 Å². The molecule has 9 amide bonds. The van der Waals surface area contributed by atoms with E-state index in [-0.39, 0.29) is 139 Å². The molecule has 6 aromatic rings. The van der Waals surface area contributed by atoms with E-state index in [1.165, 1.54) is 58.6 Å². The number of aromatic hydroxyl groups is 2. The number of imide groups is 1. The first kappa shape index (κ1) is 101. The number of amides is 9. The Hall–Kier alpha value is -11.9. The molecule has 137 heavy (non-hydrogen) atoms. The van der Waals surface area contributed by atoms with Gasteiger partial charge in [-0.05, 0) is 116 Å². The number of anilines is 2. The Kier molecular flexibility index (Phi) is 32.6. The number of phenolic OH excluding ortho intramolecular Hbond substituents is 2. The van der Waals surface area contributed by atoms with Crippen LogP contribution in [0.3, 0.4) is 0 Å². The van der Waals surface area contributed by atoms with Crippen molar-refractivity contribution in [2.45, 2.75) is 137 Å². The van der Waals surface area contributed by atoms with E-state index in [1.807, 2.05) is 0 Å². The Balaban J connectivity index is 0.544. The second-order valence-corrected chi connectivity index (χ2v) is 36.6. The van der Waals surface area contributed by atoms with Crippen LogP contribution in [0, 0.1) is 17.8 Å². The van der Waals surface area contributed by atoms with Gasteiger partial charge in [-0.2, -0.15) is 13.2 Å². The van der Waals surface area contributed by atoms with E-state index in [0.717, 1.165) is 45.5 Å². The van der Waals surface area contributed by atoms with Gasteiger partial charge in [0.25, 0.3) is 23.6 Å². The minimum absolute atomic E-state index is 0.0271. The number of hydrogen-bond donors (Lipinski definition) is 6. The van der Waals surface area contributed by atoms with Crippen LogP contribution in [0.2, 0.25) is 0 Å². The lowest BCUT2D eigenvalue weighted by Gasteiger charge is -2.43. The third kappa shape index (κ3) is 23.1. The highest BCUT2D eigenvalue weighted by molar-refractivity contribution is 8.08. The fourth-order valence-electron chi connectivity index (χ4n) is 17.7. The number of likely N-dealkylation sites (N-methyl/N-ethyl adjacent to an activating group) is 2. The Morgan fingerprint density at radius 1 is 0.708 bits per heavy atom. The molecule has 6 aliphatic heterocycles. The number of primary amides is 1. The number of nitrogens with one attached hydrogen (secondary N) is 2. The van der Waals surface area contributed by atoms with Crippen LogP contribution in [0.15, 0.2) is 129 Å². The number of fused-ring (bicyclic) bond motifs is 6. The number of aliphatic hydroxyl groups is 1. The molecule has 0 unspecified atom stereocenters. The number of Topliss-reactive ketones (excluding diaryl/α,β-unsaturated/α-hetero) is 3. The number of carbonyl (C=O) groups is 13. The maximum absolute atomic E-state index is 15.3. The van der Waals surface area contributed by atoms with Crippen LogP contribution in [0.25, 0.3) is 0 Å². The maximum Gasteiger partial charge on any atom is 0.418 e. The molecule has 6 heterocycles. The summed E-state index contributed by atoms with van der Waals surface area (Å²) < 4.78 is 115. The van der Waals surface area contributed by atoms with Crippen molar-refractivity contribution in [2.75, 3.05) is 150 Å². The molecule has 0 radical (unpaired) electrons. The quantitative estimate of drug-likeness (QED) is 0.0120. The van der Waals surface area contributed by atoms with Gasteiger partial charge in [0.1, 0.15) is 60.3 Å². The van der Waals surface area contributed by atoms with Crippen molar-refractivity contribution in [3.8, 4) is 23.0 Å². The highest BCUT2D eigenvalue weighted by Crippen LogP contribution is 2.54. The summed E-state index contributed by atoms with van der Waals surface area (Å²) in [6.07, 6.45) is -13.6. The van der Waals surface area contributed by atoms with Gasteiger partial charge < -0.3 is 108 Å². The molecule has 2 aliphatic carbocycles. The molecule has 5 saturated heterocycles. The molecule has 0 bridgehead atoms. The number of nitrogens with two attached hydrogens (primary N) is 1. The van der Waals surface area contributed by atoms with Crippen molar-refractivity contribution < 1.29 is 148 Å². The van der Waals surface area contributed by atoms with Crippen molar-refractivity contribution in [1.29, 1.82) is 0 Å². The van der Waals surface area contributed by atoms with Crippen molar-refractivity contribution >= 4 is 112 Å². The number of ether oxygens (including phenoxy) is 12. The highest BCUT2D eigenvalue weighted by Gasteiger charge is 2.56. The molecule has 42 heteroatoms. The number of carbonyl (C=O) groups excluding carboxylic acids is 13. The van der Waals surface area contributed by atoms with Gasteiger partial charge in [-0.25, -0.2) is 19.3 Å². The Bertz CT molecular complexity index is 5530. The summed E-state index contributed by atoms with van der Waals surface area (Å²) in [7, 11) is 5.51. The van der Waals surface area contributed by atoms with Crippen LogP contribution in [0.1, 0.15) is 140 Å². The van der Waals surface area contributed by atoms with Crippen molar-refractivity contribution in [1.82, 2.24) is 29.8 Å². The van der Waals surface area contributed by atoms with Gasteiger partial charge in [0.15, 0.2) is 37.0 Å². The number of methoxy groups -OCH3 is 2. The van der Waals surface area contributed by atoms with Gasteiger partial charge in [-0.15, -0.1) is 0 Å². The molecule has 8 aliphatic rings. The number of alkyl halides is 3. The SMILES string of the molecule is COc1cccc2c1C(=O)c1c(O)c3c(c(O)c1C2=O)C[C@@](O)(C(=O)COC(=O)N(C)CCN(C)C(=O)OCc1ccc(NC(=O)[C@H](CCCNC(N)=O)CC(=O)[C@@H](CC(=O)COCCOc2ccc(N4C(=O)C(Sc5ccc(C(=O)N6CCOCC6)cc5)=C(Sc5ccc(C(=O)N6CCOCC6)cc5)C4=O)c(C(F)(F)F)c2)C(C)C)cc1)C[C@@H]3O[C@H]1C[C@H]2[C@H](O[C@@H]3[C@@H](OC)OCCN32)[C@H](C)O1. The van der Waals surface area contributed by atoms with Crippen LogP contribution in [0.5, 0.6) is 23.0 Å². The van der Waals surface area contributed by atoms with Crippen molar-refractivity contribution in [3.63, 3.8) is 0 Å². The lowest BCUT2D eigenvalue weighted by Crippen LogP contribution is -2.55. The number of benzene rings is 6. The van der Waals surface area contributed by atoms with E-state index < -0.39 is 191 Å². The monoisotopic (exact) mass is 1940 g/mol. The van der Waals surface area contributed by atoms with Gasteiger partial charge >= 0.3 is 24.4 Å². The predicted molar refractivity (Wildman–Crippen MR) is 482 cm³/mol. The number of rotatable bonds is 37. The summed E-state index contributed by atoms with van der Waals surface area (Å²) in [6.45, 7) is 6.22. The first-order valence-corrected chi connectivity index (χ1v) is 46.2. The fraction of sp³-hybridized carbons (Fsp3) is 0.463. The van der Waals surface area contributed by atoms with E-state index in [9.17, 15) is 77.6 Å². The summed E-state index contributed by atoms with van der Waals surface area (Å²) in [4.78, 5) is 188. The smallest absolute Gasteiger partial charge is 0.418 e. The molecule has 37 nitrogen and oxygen atoms in total. The largest absolute Gasteiger partial charge is 0.507 e. The molecule has 5 fully saturated rings. The summed E-state index contributed by atoms with van der Waals surface area (Å²) in [5, 5.41) is 42.2. The number of thioether (sulfide) groups is 2. The second kappa shape index (κ2) is 44.2. The third-order valence-corrected chi connectivity index (χ3v) is 27.3. The van der Waals surface area contributed by atoms with E-state index in [4.69, 9.17) is 62.6 Å². The maximum atomic E-state index is 15.3. The molecular formula is C95H106F3N9O28S2. The van der Waals surface area contributed by atoms with Crippen molar-refractivity contribution in [2.24, 2.45) is 23.5 Å². The minimum atomic E-state index is -5.16. The molecule has 7 N–H and O–H groups in total. The molecule has 10 atom stereocenters. The number of urea groups is 1. The molecule has 0 aromatic heterocycles. The van der Waals surface area contributed by atoms with Crippen LogP contribution in [-0.2, 0) is 95.3 Å². The van der Waals surface area contributed by atoms with Crippen molar-refractivity contribution in [3.05, 3.63) is 175 Å². The van der Waals surface area contributed by atoms with Gasteiger partial charge in [-0.1, -0.05) is 61.6 Å². The average molecular weight is 1940 g/mol. The number of ketones is 5. The van der Waals surface area contributed by atoms with Crippen LogP contribution in [0.4, 0.5) is 38.9 Å². The highest BCUT2D eigenvalue weighted by atomic mass is 32.2. The van der Waals surface area contributed by atoms with Gasteiger partial charge in [0, 0.05) is 167 Å². The topological polar surface area (TPSA) is 463 Å². The van der Waals surface area contributed by atoms with E-state index >= 15 is 13.2 Å². The second-order valence-electron chi connectivity index (χ2n) is 34.4. The first-order chi connectivity index (χ1) is 65.5. The fourth-order valence-corrected chi connectivity index (χ4v) is 19.7. The van der Waals surface area contributed by atoms with Crippen LogP contribution in [-0.4, -0.2) is 299 Å². The zero-order valence-electron chi connectivity index (χ0n) is 76.1. The molecule has 0 saturated carbocycles. The number of morpholine rings is 3. The molecule has 14 rings (SSSR count). The number of nitrogens with zero attached hydrogens (tertiary/aromatic N) is 6. The zero-order chi connectivity index (χ0) is 98.0. The zero-order valence-corrected chi connectivity index (χ0v) is 77.7. The Morgan fingerprint density at radius 3 is 1.91 bits per heavy atom. The number of phenols is 2. The van der Waals surface area contributed by atoms with Gasteiger partial charge in [0.2, 0.25) is 17.5 Å². The molecule has 0 spiro atoms. The molecule has 732 valence electrons. The van der Waals surface area contributed by atoms with Gasteiger partial charge in [-0.3, -0.25) is 52.8 Å². The summed E-state index contributed by atoms with van der Waals surface area (Å²) in [5.41, 5.74) is 0.115. The summed E-state index contributed by atoms with van der Waals surface area (Å²) >= 11 is 1.66. The standard InChI is InChI=1S/C95H106F3N9O28S2/c1-51(2)63(43-58(108)49-128-40-41-129-59-21-26-66(65(44-59)95(96,97)98)107-87(118)82(136-60-22-15-54(16-23-60)85(116)104-30-35-126-36-31-104)83(88(107)119)137-61-24-17-55(18-25-61)86(117)105-32-37-127-38-33-105)68(109)42-56(10-9-27-100-91(99)120)84(115)101-57-19-13-53(14-20-57)48-131-92(121)102(4)28-29-103(5)93(122)132-50-71(110)94(123)46-64-74(80(114)76-75(78(64)112)77(111)62-11-8-12-69(124-6)73(62)79(76)113)70(47-94)134-72-45-67-81(52(3)133-72)135-89-90(125-7)130-39-34-106(67)89/h8,11-26,44,51-52,56,63,67,70,72,81,89-90,112,114,123H,9-10,27-43,45-50H2,1-7H3,(H,101,115)(H3,99,100,120)/t52-,56+,63-,67-,70-,72-,81+,89+,90-,94-/m0/s1. The minimum Gasteiger partial charge on any atom is -0.507 e. The number of halogens is 3. The molecular weight excluding hydrogens is 1840 g/mol. The average Bonchev–Trinajstić information content (AvgIpc) is 1.11. The third-order valence-electron chi connectivity index (χ3n) is 25.0. The number of hydrogen-bond acceptors (Lipinski definition) is 31. The Morgan fingerprint density at radius 2 is 1.32 bits per heavy atom. The summed E-state index contributed by atoms with van der Waals surface area (Å²) in [5.74, 6) is -11.1. The van der Waals surface area contributed by atoms with Crippen LogP contribution >= 0.6 is 23.5 Å². The predicted octanol–water partition coefficient (Wildman–Crippen LogP) is 8.98. The Labute approximate surface area is 793 Å². The van der Waals surface area contributed by atoms with Crippen LogP contribution < -0.4 is 30.7 Å².